The fourth-order valence-electron chi connectivity index (χ4n) is 3.40. The molecular formula is C20H23NO2. The summed E-state index contributed by atoms with van der Waals surface area (Å²) >= 11 is 0. The van der Waals surface area contributed by atoms with Gasteiger partial charge >= 0.3 is 0 Å². The molecule has 1 saturated heterocycles. The number of benzene rings is 2. The van der Waals surface area contributed by atoms with E-state index in [-0.39, 0.29) is 6.10 Å². The van der Waals surface area contributed by atoms with Crippen LogP contribution in [0.3, 0.4) is 0 Å². The molecule has 0 aromatic heterocycles. The molecule has 23 heavy (non-hydrogen) atoms. The molecule has 3 heteroatoms. The van der Waals surface area contributed by atoms with Gasteiger partial charge in [0.25, 0.3) is 0 Å². The Morgan fingerprint density at radius 1 is 0.870 bits per heavy atom. The molecule has 3 nitrogen and oxygen atoms in total. The number of para-hydroxylation sites is 2. The smallest absolute Gasteiger partial charge is 0.162 e. The summed E-state index contributed by atoms with van der Waals surface area (Å²) in [5.41, 5.74) is 2.56. The standard InChI is InChI=1S/C20H23NO2/c1-4-12-21(13-5-1)14-16-8-10-17(11-9-16)20-15-22-18-6-2-3-7-19(18)23-20/h2-3,6-11,20H,1,4-5,12-15H2/t20-/m0/s1. The monoisotopic (exact) mass is 309 g/mol. The SMILES string of the molecule is c1ccc2c(c1)OC[C@@H](c1ccc(CN3CCCCC3)cc1)O2. The molecular weight excluding hydrogens is 286 g/mol. The number of hydrogen-bond donors (Lipinski definition) is 0. The van der Waals surface area contributed by atoms with Gasteiger partial charge in [0.05, 0.1) is 0 Å². The molecule has 0 saturated carbocycles. The largest absolute Gasteiger partial charge is 0.485 e. The Morgan fingerprint density at radius 2 is 1.61 bits per heavy atom. The summed E-state index contributed by atoms with van der Waals surface area (Å²) in [6.07, 6.45) is 4.04. The van der Waals surface area contributed by atoms with E-state index in [1.54, 1.807) is 0 Å². The van der Waals surface area contributed by atoms with Gasteiger partial charge in [-0.3, -0.25) is 4.90 Å². The minimum atomic E-state index is -0.0195. The summed E-state index contributed by atoms with van der Waals surface area (Å²) < 4.78 is 11.9. The first-order valence-electron chi connectivity index (χ1n) is 8.58. The fourth-order valence-corrected chi connectivity index (χ4v) is 3.40. The van der Waals surface area contributed by atoms with Crippen LogP contribution in [0.1, 0.15) is 36.5 Å². The lowest BCUT2D eigenvalue weighted by Crippen LogP contribution is -2.29. The molecule has 2 aliphatic heterocycles. The lowest BCUT2D eigenvalue weighted by atomic mass is 10.1. The number of piperidine rings is 1. The van der Waals surface area contributed by atoms with Crippen LogP contribution in [-0.4, -0.2) is 24.6 Å². The molecule has 2 heterocycles. The molecule has 0 bridgehead atoms. The predicted molar refractivity (Wildman–Crippen MR) is 90.9 cm³/mol. The molecule has 2 aromatic rings. The van der Waals surface area contributed by atoms with Crippen molar-refractivity contribution in [1.82, 2.24) is 4.90 Å². The van der Waals surface area contributed by atoms with E-state index in [1.165, 1.54) is 43.5 Å². The van der Waals surface area contributed by atoms with Gasteiger partial charge in [0, 0.05) is 6.54 Å². The Kier molecular flexibility index (Phi) is 4.20. The highest BCUT2D eigenvalue weighted by Crippen LogP contribution is 2.35. The van der Waals surface area contributed by atoms with Gasteiger partial charge in [-0.2, -0.15) is 0 Å². The predicted octanol–water partition coefficient (Wildman–Crippen LogP) is 4.19. The second kappa shape index (κ2) is 6.63. The molecule has 2 aromatic carbocycles. The highest BCUT2D eigenvalue weighted by Gasteiger charge is 2.22. The number of fused-ring (bicyclic) bond motifs is 1. The summed E-state index contributed by atoms with van der Waals surface area (Å²) in [6.45, 7) is 4.10. The van der Waals surface area contributed by atoms with Crippen LogP contribution < -0.4 is 9.47 Å². The van der Waals surface area contributed by atoms with Crippen molar-refractivity contribution in [2.24, 2.45) is 0 Å². The number of ether oxygens (including phenoxy) is 2. The fraction of sp³-hybridized carbons (Fsp3) is 0.400. The number of hydrogen-bond acceptors (Lipinski definition) is 3. The van der Waals surface area contributed by atoms with Crippen LogP contribution in [0.25, 0.3) is 0 Å². The van der Waals surface area contributed by atoms with Crippen LogP contribution in [0, 0.1) is 0 Å². The van der Waals surface area contributed by atoms with Crippen LogP contribution in [0.4, 0.5) is 0 Å². The van der Waals surface area contributed by atoms with Crippen molar-refractivity contribution in [2.75, 3.05) is 19.7 Å². The molecule has 0 radical (unpaired) electrons. The van der Waals surface area contributed by atoms with E-state index < -0.39 is 0 Å². The van der Waals surface area contributed by atoms with Gasteiger partial charge in [-0.25, -0.2) is 0 Å². The van der Waals surface area contributed by atoms with E-state index in [1.807, 2.05) is 24.3 Å². The Balaban J connectivity index is 1.42. The highest BCUT2D eigenvalue weighted by atomic mass is 16.6. The van der Waals surface area contributed by atoms with Crippen LogP contribution in [-0.2, 0) is 6.54 Å². The maximum Gasteiger partial charge on any atom is 0.162 e. The minimum absolute atomic E-state index is 0.0195. The van der Waals surface area contributed by atoms with Gasteiger partial charge in [0.15, 0.2) is 17.6 Å². The van der Waals surface area contributed by atoms with Crippen LogP contribution >= 0.6 is 0 Å². The Labute approximate surface area is 137 Å². The summed E-state index contributed by atoms with van der Waals surface area (Å²) in [6, 6.07) is 16.7. The van der Waals surface area contributed by atoms with E-state index in [2.05, 4.69) is 29.2 Å². The summed E-state index contributed by atoms with van der Waals surface area (Å²) in [4.78, 5) is 2.55. The molecule has 0 unspecified atom stereocenters. The Morgan fingerprint density at radius 3 is 2.39 bits per heavy atom. The zero-order valence-corrected chi connectivity index (χ0v) is 13.4. The highest BCUT2D eigenvalue weighted by molar-refractivity contribution is 5.41. The molecule has 0 spiro atoms. The molecule has 0 aliphatic carbocycles. The van der Waals surface area contributed by atoms with Crippen LogP contribution in [0.15, 0.2) is 48.5 Å². The zero-order chi connectivity index (χ0) is 15.5. The first kappa shape index (κ1) is 14.6. The maximum absolute atomic E-state index is 6.07. The molecule has 1 atom stereocenters. The van der Waals surface area contributed by atoms with E-state index in [4.69, 9.17) is 9.47 Å². The van der Waals surface area contributed by atoms with Gasteiger partial charge < -0.3 is 9.47 Å². The van der Waals surface area contributed by atoms with Crippen molar-refractivity contribution in [3.8, 4) is 11.5 Å². The second-order valence-corrected chi connectivity index (χ2v) is 6.44. The Hall–Kier alpha value is -2.00. The third-order valence-corrected chi connectivity index (χ3v) is 4.71. The second-order valence-electron chi connectivity index (χ2n) is 6.44. The summed E-state index contributed by atoms with van der Waals surface area (Å²) in [5.74, 6) is 1.67. The van der Waals surface area contributed by atoms with Crippen LogP contribution in [0.2, 0.25) is 0 Å². The van der Waals surface area contributed by atoms with Crippen molar-refractivity contribution >= 4 is 0 Å². The lowest BCUT2D eigenvalue weighted by molar-refractivity contribution is 0.0913. The minimum Gasteiger partial charge on any atom is -0.485 e. The summed E-state index contributed by atoms with van der Waals surface area (Å²) in [7, 11) is 0. The Bertz CT molecular complexity index is 647. The van der Waals surface area contributed by atoms with Crippen molar-refractivity contribution < 1.29 is 9.47 Å². The topological polar surface area (TPSA) is 21.7 Å². The van der Waals surface area contributed by atoms with Crippen molar-refractivity contribution in [2.45, 2.75) is 31.9 Å². The maximum atomic E-state index is 6.07. The molecule has 1 fully saturated rings. The molecule has 120 valence electrons. The normalized spacial score (nSPS) is 21.1. The molecule has 2 aliphatic rings. The number of nitrogens with zero attached hydrogens (tertiary/aromatic N) is 1. The average Bonchev–Trinajstić information content (AvgIpc) is 2.63. The zero-order valence-electron chi connectivity index (χ0n) is 13.4. The quantitative estimate of drug-likeness (QED) is 0.849. The third kappa shape index (κ3) is 3.35. The van der Waals surface area contributed by atoms with E-state index >= 15 is 0 Å². The first-order valence-corrected chi connectivity index (χ1v) is 8.58. The number of likely N-dealkylation sites (tertiary alicyclic amines) is 1. The van der Waals surface area contributed by atoms with Gasteiger partial charge in [-0.15, -0.1) is 0 Å². The summed E-state index contributed by atoms with van der Waals surface area (Å²) in [5, 5.41) is 0. The third-order valence-electron chi connectivity index (χ3n) is 4.71. The van der Waals surface area contributed by atoms with Crippen LogP contribution in [0.5, 0.6) is 11.5 Å². The molecule has 4 rings (SSSR count). The van der Waals surface area contributed by atoms with Gasteiger partial charge in [0.1, 0.15) is 6.61 Å². The average molecular weight is 309 g/mol. The van der Waals surface area contributed by atoms with Gasteiger partial charge in [-0.05, 0) is 49.2 Å². The van der Waals surface area contributed by atoms with Crippen molar-refractivity contribution in [3.05, 3.63) is 59.7 Å². The lowest BCUT2D eigenvalue weighted by Gasteiger charge is -2.28. The number of rotatable bonds is 3. The van der Waals surface area contributed by atoms with Crippen molar-refractivity contribution in [1.29, 1.82) is 0 Å². The van der Waals surface area contributed by atoms with Crippen molar-refractivity contribution in [3.63, 3.8) is 0 Å². The molecule has 0 amide bonds. The van der Waals surface area contributed by atoms with E-state index in [0.717, 1.165) is 18.0 Å². The van der Waals surface area contributed by atoms with Gasteiger partial charge in [0.2, 0.25) is 0 Å². The van der Waals surface area contributed by atoms with E-state index in [0.29, 0.717) is 6.61 Å². The van der Waals surface area contributed by atoms with E-state index in [9.17, 15) is 0 Å². The van der Waals surface area contributed by atoms with Gasteiger partial charge in [-0.1, -0.05) is 42.8 Å². The first-order chi connectivity index (χ1) is 11.4. The molecule has 0 N–H and O–H groups in total.